The maximum Gasteiger partial charge on any atom is 0.313 e. The highest BCUT2D eigenvalue weighted by Crippen LogP contribution is 2.74. The first-order chi connectivity index (χ1) is 17.3. The second kappa shape index (κ2) is 9.50. The van der Waals surface area contributed by atoms with Gasteiger partial charge in [-0.25, -0.2) is 15.0 Å². The van der Waals surface area contributed by atoms with Crippen LogP contribution in [0.15, 0.2) is 43.0 Å². The largest absolute Gasteiger partial charge is 0.347 e. The van der Waals surface area contributed by atoms with Gasteiger partial charge in [0.05, 0.1) is 25.0 Å². The first-order valence-corrected chi connectivity index (χ1v) is 16.4. The molecule has 3 aromatic rings. The van der Waals surface area contributed by atoms with E-state index in [9.17, 15) is 9.36 Å². The summed E-state index contributed by atoms with van der Waals surface area (Å²) < 4.78 is 39.2. The van der Waals surface area contributed by atoms with Gasteiger partial charge in [-0.15, -0.1) is 0 Å². The average Bonchev–Trinajstić information content (AvgIpc) is 3.62. The van der Waals surface area contributed by atoms with E-state index in [2.05, 4.69) is 15.0 Å². The first kappa shape index (κ1) is 24.5. The average molecular weight is 549 g/mol. The van der Waals surface area contributed by atoms with Crippen LogP contribution in [-0.4, -0.2) is 67.5 Å². The number of carbonyl (C=O) groups excluding carboxylic acids is 1. The van der Waals surface area contributed by atoms with E-state index in [0.717, 1.165) is 11.5 Å². The van der Waals surface area contributed by atoms with Crippen LogP contribution in [0.25, 0.3) is 11.2 Å². The van der Waals surface area contributed by atoms with Crippen molar-refractivity contribution in [3.8, 4) is 0 Å². The van der Waals surface area contributed by atoms with Crippen LogP contribution in [0.1, 0.15) is 36.1 Å². The molecule has 0 radical (unpaired) electrons. The van der Waals surface area contributed by atoms with E-state index in [1.165, 1.54) is 29.1 Å². The minimum atomic E-state index is -2.77. The number of ether oxygens (including phenoxy) is 3. The van der Waals surface area contributed by atoms with Crippen molar-refractivity contribution >= 4 is 45.5 Å². The molecule has 3 fully saturated rings. The predicted octanol–water partition coefficient (Wildman–Crippen LogP) is 4.27. The third kappa shape index (κ3) is 4.64. The molecule has 36 heavy (non-hydrogen) atoms. The van der Waals surface area contributed by atoms with Crippen LogP contribution < -0.4 is 0 Å². The van der Waals surface area contributed by atoms with E-state index >= 15 is 0 Å². The van der Waals surface area contributed by atoms with Gasteiger partial charge in [-0.1, -0.05) is 53.1 Å². The summed E-state index contributed by atoms with van der Waals surface area (Å²) >= 11 is 2.73. The second-order valence-corrected chi connectivity index (χ2v) is 16.8. The Morgan fingerprint density at radius 2 is 1.89 bits per heavy atom. The molecule has 0 amide bonds. The molecule has 0 N–H and O–H groups in total. The lowest BCUT2D eigenvalue weighted by Gasteiger charge is -2.25. The molecule has 0 aliphatic carbocycles. The van der Waals surface area contributed by atoms with Crippen LogP contribution in [0.5, 0.6) is 0 Å². The molecule has 0 bridgehead atoms. The number of Topliss-reactive ketones (excluding diaryl/α,β-unsaturated/α-hetero) is 1. The molecule has 0 saturated carbocycles. The zero-order chi connectivity index (χ0) is 24.9. The van der Waals surface area contributed by atoms with Gasteiger partial charge in [-0.05, 0) is 13.8 Å². The Morgan fingerprint density at radius 1 is 1.14 bits per heavy atom. The van der Waals surface area contributed by atoms with Gasteiger partial charge in [0.25, 0.3) is 0 Å². The van der Waals surface area contributed by atoms with E-state index in [4.69, 9.17) is 18.7 Å². The van der Waals surface area contributed by atoms with Crippen LogP contribution in [0.2, 0.25) is 0 Å². The summed E-state index contributed by atoms with van der Waals surface area (Å²) in [5.41, 5.74) is 2.22. The Hall–Kier alpha value is -1.79. The third-order valence-corrected chi connectivity index (χ3v) is 13.9. The van der Waals surface area contributed by atoms with Crippen molar-refractivity contribution in [3.63, 3.8) is 0 Å². The summed E-state index contributed by atoms with van der Waals surface area (Å²) in [7, 11) is 0. The van der Waals surface area contributed by atoms with Gasteiger partial charge >= 0.3 is 5.77 Å². The molecule has 1 aromatic carbocycles. The van der Waals surface area contributed by atoms with Crippen LogP contribution in [0, 0.1) is 0 Å². The number of hydrogen-bond donors (Lipinski definition) is 0. The van der Waals surface area contributed by atoms with Crippen molar-refractivity contribution in [2.24, 2.45) is 0 Å². The van der Waals surface area contributed by atoms with Crippen LogP contribution in [-0.2, 0) is 29.7 Å². The molecular weight excluding hydrogens is 523 g/mol. The highest BCUT2D eigenvalue weighted by molar-refractivity contribution is 8.90. The summed E-state index contributed by atoms with van der Waals surface area (Å²) in [4.78, 5) is 26.1. The van der Waals surface area contributed by atoms with Gasteiger partial charge < -0.3 is 18.7 Å². The number of rotatable bonds is 7. The predicted molar refractivity (Wildman–Crippen MR) is 136 cm³/mol. The zero-order valence-corrected chi connectivity index (χ0v) is 22.2. The third-order valence-electron chi connectivity index (χ3n) is 6.24. The number of nitrogens with zero attached hydrogens (tertiary/aromatic N) is 4. The maximum atomic E-state index is 12.8. The fourth-order valence-electron chi connectivity index (χ4n) is 4.69. The van der Waals surface area contributed by atoms with E-state index in [1.54, 1.807) is 23.0 Å². The Balaban J connectivity index is 1.27. The zero-order valence-electron chi connectivity index (χ0n) is 19.7. The smallest absolute Gasteiger partial charge is 0.313 e. The molecule has 3 aliphatic rings. The Bertz CT molecular complexity index is 1330. The van der Waals surface area contributed by atoms with E-state index < -0.39 is 36.1 Å². The van der Waals surface area contributed by atoms with Gasteiger partial charge in [0, 0.05) is 17.1 Å². The van der Waals surface area contributed by atoms with Crippen molar-refractivity contribution in [2.75, 3.05) is 18.1 Å². The molecule has 3 saturated heterocycles. The molecule has 5 heterocycles. The number of aromatic nitrogens is 4. The maximum absolute atomic E-state index is 12.8. The Labute approximate surface area is 215 Å². The SMILES string of the molecule is CC1(C)O[C@@H]2[C@H](O1)[C@@H](COP1(=O)SCCS1)O[C@H]2n1cnc2c(CC(=O)c3ccccc3)ncnc21. The van der Waals surface area contributed by atoms with Crippen molar-refractivity contribution in [3.05, 3.63) is 54.2 Å². The number of benzene rings is 1. The quantitative estimate of drug-likeness (QED) is 0.311. The minimum absolute atomic E-state index is 0.0497. The summed E-state index contributed by atoms with van der Waals surface area (Å²) in [6, 6.07) is 9.10. The van der Waals surface area contributed by atoms with E-state index in [-0.39, 0.29) is 18.8 Å². The molecule has 3 aliphatic heterocycles. The van der Waals surface area contributed by atoms with Crippen molar-refractivity contribution in [1.82, 2.24) is 19.5 Å². The molecule has 0 spiro atoms. The molecule has 13 heteroatoms. The Kier molecular flexibility index (Phi) is 6.48. The van der Waals surface area contributed by atoms with Gasteiger partial charge in [0.1, 0.15) is 30.2 Å². The van der Waals surface area contributed by atoms with Gasteiger partial charge in [0.2, 0.25) is 0 Å². The first-order valence-electron chi connectivity index (χ1n) is 11.6. The second-order valence-electron chi connectivity index (χ2n) is 9.15. The molecule has 10 nitrogen and oxygen atoms in total. The summed E-state index contributed by atoms with van der Waals surface area (Å²) in [6.45, 7) is 3.84. The van der Waals surface area contributed by atoms with E-state index in [1.807, 2.05) is 32.0 Å². The lowest BCUT2D eigenvalue weighted by Crippen LogP contribution is -2.32. The van der Waals surface area contributed by atoms with Crippen molar-refractivity contribution in [2.45, 2.75) is 50.6 Å². The van der Waals surface area contributed by atoms with Crippen LogP contribution in [0.4, 0.5) is 0 Å². The fourth-order valence-corrected chi connectivity index (χ4v) is 12.0. The lowest BCUT2D eigenvalue weighted by atomic mass is 10.1. The van der Waals surface area contributed by atoms with Crippen LogP contribution >= 0.6 is 28.5 Å². The normalized spacial score (nSPS) is 28.5. The lowest BCUT2D eigenvalue weighted by molar-refractivity contribution is -0.198. The van der Waals surface area contributed by atoms with Crippen molar-refractivity contribution in [1.29, 1.82) is 0 Å². The van der Waals surface area contributed by atoms with Gasteiger partial charge in [0.15, 0.2) is 23.4 Å². The molecular formula is C23H25N4O6PS2. The molecule has 4 atom stereocenters. The number of imidazole rings is 1. The Morgan fingerprint density at radius 3 is 2.67 bits per heavy atom. The highest BCUT2D eigenvalue weighted by atomic mass is 33.1. The number of carbonyl (C=O) groups is 1. The van der Waals surface area contributed by atoms with Gasteiger partial charge in [-0.3, -0.25) is 13.9 Å². The standard InChI is InChI=1S/C23H25N4O6PS2/c1-23(2)32-19-17(11-30-34(29)35-8-9-36-34)31-22(20(19)33-23)27-13-26-18-15(24-12-25-21(18)27)10-16(28)14-6-4-3-5-7-14/h3-7,12-13,17,19-20,22H,8-11H2,1-2H3/t17-,19-,20-,22-/m1/s1. The summed E-state index contributed by atoms with van der Waals surface area (Å²) in [5, 5.41) is 0. The van der Waals surface area contributed by atoms with Crippen molar-refractivity contribution < 1.29 is 28.1 Å². The molecule has 2 aromatic heterocycles. The summed E-state index contributed by atoms with van der Waals surface area (Å²) in [5.74, 6) is -2.01. The van der Waals surface area contributed by atoms with E-state index in [0.29, 0.717) is 22.4 Å². The monoisotopic (exact) mass is 548 g/mol. The number of fused-ring (bicyclic) bond motifs is 2. The topological polar surface area (TPSA) is 115 Å². The number of ketones is 1. The molecule has 190 valence electrons. The molecule has 0 unspecified atom stereocenters. The summed E-state index contributed by atoms with van der Waals surface area (Å²) in [6.07, 6.45) is 1.23. The minimum Gasteiger partial charge on any atom is -0.347 e. The van der Waals surface area contributed by atoms with Gasteiger partial charge in [-0.2, -0.15) is 0 Å². The van der Waals surface area contributed by atoms with Crippen LogP contribution in [0.3, 0.4) is 0 Å². The fraction of sp³-hybridized carbons (Fsp3) is 0.478. The molecule has 6 rings (SSSR count). The highest BCUT2D eigenvalue weighted by Gasteiger charge is 2.56. The number of hydrogen-bond acceptors (Lipinski definition) is 11.